The average Bonchev–Trinajstić information content (AvgIpc) is 3.09. The lowest BCUT2D eigenvalue weighted by molar-refractivity contribution is -0.137. The number of nitrogens with one attached hydrogen (secondary N) is 3. The maximum absolute atomic E-state index is 13.8. The zero-order chi connectivity index (χ0) is 38.2. The Kier molecular flexibility index (Phi) is 13.1. The summed E-state index contributed by atoms with van der Waals surface area (Å²) in [7, 11) is -1.63. The van der Waals surface area contributed by atoms with Gasteiger partial charge in [0.1, 0.15) is 24.0 Å². The summed E-state index contributed by atoms with van der Waals surface area (Å²) in [6.45, 7) is 0.752. The minimum absolute atomic E-state index is 0.109. The first-order valence-corrected chi connectivity index (χ1v) is 17.3. The van der Waals surface area contributed by atoms with E-state index in [1.165, 1.54) is 26.2 Å². The number of halogens is 5. The van der Waals surface area contributed by atoms with Crippen LogP contribution in [0, 0.1) is 11.6 Å². The van der Waals surface area contributed by atoms with E-state index in [0.717, 1.165) is 52.3 Å². The van der Waals surface area contributed by atoms with Crippen LogP contribution in [0.5, 0.6) is 5.75 Å². The van der Waals surface area contributed by atoms with Crippen molar-refractivity contribution in [1.82, 2.24) is 20.3 Å². The van der Waals surface area contributed by atoms with Crippen LogP contribution in [0.25, 0.3) is 0 Å². The van der Waals surface area contributed by atoms with E-state index in [1.54, 1.807) is 37.3 Å². The third-order valence-electron chi connectivity index (χ3n) is 7.84. The minimum atomic E-state index is -4.57. The number of alkyl halides is 3. The van der Waals surface area contributed by atoms with E-state index in [1.807, 2.05) is 0 Å². The Morgan fingerprint density at radius 2 is 1.46 bits per heavy atom. The molecule has 0 radical (unpaired) electrons. The Labute approximate surface area is 297 Å². The van der Waals surface area contributed by atoms with Gasteiger partial charge in [-0.1, -0.05) is 48.5 Å². The van der Waals surface area contributed by atoms with Crippen LogP contribution in [-0.4, -0.2) is 69.0 Å². The van der Waals surface area contributed by atoms with E-state index in [4.69, 9.17) is 4.74 Å². The van der Waals surface area contributed by atoms with Gasteiger partial charge in [-0.25, -0.2) is 21.5 Å². The van der Waals surface area contributed by atoms with Crippen molar-refractivity contribution >= 4 is 21.8 Å². The lowest BCUT2D eigenvalue weighted by atomic mass is 10.1. The van der Waals surface area contributed by atoms with Crippen LogP contribution in [0.15, 0.2) is 95.9 Å². The van der Waals surface area contributed by atoms with Crippen LogP contribution in [0.3, 0.4) is 0 Å². The van der Waals surface area contributed by atoms with Crippen molar-refractivity contribution in [3.8, 4) is 5.75 Å². The predicted octanol–water partition coefficient (Wildman–Crippen LogP) is 5.05. The Morgan fingerprint density at radius 1 is 0.846 bits per heavy atom. The summed E-state index contributed by atoms with van der Waals surface area (Å²) in [5.41, 5.74) is -0.300. The van der Waals surface area contributed by atoms with E-state index in [2.05, 4.69) is 16.0 Å². The lowest BCUT2D eigenvalue weighted by Gasteiger charge is -2.25. The highest BCUT2D eigenvalue weighted by molar-refractivity contribution is 7.89. The fraction of sp³-hybridized carbons (Fsp3) is 0.278. The second-order valence-electron chi connectivity index (χ2n) is 12.0. The van der Waals surface area contributed by atoms with Gasteiger partial charge in [0.2, 0.25) is 10.0 Å². The SMILES string of the molecule is C[C@@H](NC(=O)c1cc(C(=O)N[C@@H](COc2cc(F)cc(F)c2)[C@H](O)CNCc2cccc(C(F)(F)F)c2)cc(S(=O)(=O)N(C)C)c1)c1ccccc1. The van der Waals surface area contributed by atoms with E-state index in [-0.39, 0.29) is 40.4 Å². The molecular weight excluding hydrogens is 711 g/mol. The molecule has 4 aromatic carbocycles. The van der Waals surface area contributed by atoms with Gasteiger partial charge < -0.3 is 25.8 Å². The maximum Gasteiger partial charge on any atom is 0.416 e. The molecule has 0 fully saturated rings. The first-order chi connectivity index (χ1) is 24.4. The van der Waals surface area contributed by atoms with Gasteiger partial charge in [0.25, 0.3) is 11.8 Å². The summed E-state index contributed by atoms with van der Waals surface area (Å²) in [4.78, 5) is 26.7. The van der Waals surface area contributed by atoms with Crippen molar-refractivity contribution < 1.29 is 49.8 Å². The van der Waals surface area contributed by atoms with Crippen LogP contribution >= 0.6 is 0 Å². The number of sulfonamides is 1. The zero-order valence-corrected chi connectivity index (χ0v) is 29.1. The van der Waals surface area contributed by atoms with Crippen LogP contribution in [-0.2, 0) is 22.7 Å². The van der Waals surface area contributed by atoms with Gasteiger partial charge >= 0.3 is 6.18 Å². The summed E-state index contributed by atoms with van der Waals surface area (Å²) in [6, 6.07) is 17.3. The van der Waals surface area contributed by atoms with Crippen molar-refractivity contribution in [2.75, 3.05) is 27.2 Å². The molecule has 0 spiro atoms. The number of carbonyl (C=O) groups excluding carboxylic acids is 2. The molecule has 52 heavy (non-hydrogen) atoms. The number of aliphatic hydroxyl groups excluding tert-OH is 1. The molecule has 16 heteroatoms. The number of ether oxygens (including phenoxy) is 1. The smallest absolute Gasteiger partial charge is 0.416 e. The highest BCUT2D eigenvalue weighted by atomic mass is 32.2. The van der Waals surface area contributed by atoms with Crippen LogP contribution in [0.4, 0.5) is 22.0 Å². The third-order valence-corrected chi connectivity index (χ3v) is 9.63. The predicted molar refractivity (Wildman–Crippen MR) is 182 cm³/mol. The molecular formula is C36H37F5N4O6S. The lowest BCUT2D eigenvalue weighted by Crippen LogP contribution is -2.50. The molecule has 0 aliphatic rings. The van der Waals surface area contributed by atoms with Crippen molar-refractivity contribution in [3.63, 3.8) is 0 Å². The summed E-state index contributed by atoms with van der Waals surface area (Å²) in [5.74, 6) is -3.81. The molecule has 4 N–H and O–H groups in total. The highest BCUT2D eigenvalue weighted by Gasteiger charge is 2.31. The second-order valence-corrected chi connectivity index (χ2v) is 14.2. The topological polar surface area (TPSA) is 137 Å². The van der Waals surface area contributed by atoms with E-state index in [0.29, 0.717) is 6.07 Å². The molecule has 0 saturated carbocycles. The van der Waals surface area contributed by atoms with Gasteiger partial charge in [0, 0.05) is 56.5 Å². The molecule has 4 aromatic rings. The van der Waals surface area contributed by atoms with Crippen molar-refractivity contribution in [2.45, 2.75) is 42.7 Å². The van der Waals surface area contributed by atoms with Gasteiger partial charge in [-0.15, -0.1) is 0 Å². The van der Waals surface area contributed by atoms with Gasteiger partial charge in [-0.3, -0.25) is 9.59 Å². The molecule has 10 nitrogen and oxygen atoms in total. The number of benzene rings is 4. The van der Waals surface area contributed by atoms with Crippen LogP contribution in [0.1, 0.15) is 50.4 Å². The molecule has 0 aliphatic heterocycles. The number of hydrogen-bond acceptors (Lipinski definition) is 7. The molecule has 2 amide bonds. The monoisotopic (exact) mass is 748 g/mol. The van der Waals surface area contributed by atoms with Gasteiger partial charge in [-0.2, -0.15) is 13.2 Å². The first kappa shape index (κ1) is 39.9. The van der Waals surface area contributed by atoms with E-state index >= 15 is 0 Å². The highest BCUT2D eigenvalue weighted by Crippen LogP contribution is 2.29. The number of amides is 2. The quantitative estimate of drug-likeness (QED) is 0.125. The van der Waals surface area contributed by atoms with Gasteiger partial charge in [0.15, 0.2) is 0 Å². The minimum Gasteiger partial charge on any atom is -0.491 e. The largest absolute Gasteiger partial charge is 0.491 e. The number of rotatable bonds is 15. The van der Waals surface area contributed by atoms with E-state index in [9.17, 15) is 45.1 Å². The van der Waals surface area contributed by atoms with Crippen LogP contribution in [0.2, 0.25) is 0 Å². The fourth-order valence-electron chi connectivity index (χ4n) is 4.99. The van der Waals surface area contributed by atoms with Crippen molar-refractivity contribution in [1.29, 1.82) is 0 Å². The second kappa shape index (κ2) is 17.1. The Balaban J connectivity index is 1.60. The number of hydrogen-bond donors (Lipinski definition) is 4. The van der Waals surface area contributed by atoms with Crippen LogP contribution < -0.4 is 20.7 Å². The molecule has 278 valence electrons. The normalized spacial score (nSPS) is 13.7. The molecule has 0 aliphatic carbocycles. The molecule has 0 aromatic heterocycles. The molecule has 0 bridgehead atoms. The van der Waals surface area contributed by atoms with Gasteiger partial charge in [-0.05, 0) is 42.3 Å². The number of nitrogens with zero attached hydrogens (tertiary/aromatic N) is 1. The standard InChI is InChI=1S/C36H37F5N4O6S/c1-22(24-9-5-4-6-10-24)43-34(47)25-13-26(15-31(14-25)52(49,50)45(2)3)35(48)44-32(21-51-30-17-28(37)16-29(38)18-30)33(46)20-42-19-23-8-7-11-27(12-23)36(39,40)41/h4-18,22,32-33,42,46H,19-21H2,1-3H3,(H,43,47)(H,44,48)/t22-,32+,33-/m1/s1. The number of aliphatic hydroxyl groups is 1. The molecule has 0 saturated heterocycles. The Morgan fingerprint density at radius 3 is 2.06 bits per heavy atom. The summed E-state index contributed by atoms with van der Waals surface area (Å²) in [6.07, 6.45) is -6.07. The molecule has 0 unspecified atom stereocenters. The Hall–Kier alpha value is -4.90. The maximum atomic E-state index is 13.8. The summed E-state index contributed by atoms with van der Waals surface area (Å²) in [5, 5.41) is 19.2. The van der Waals surface area contributed by atoms with Crippen molar-refractivity contribution in [2.24, 2.45) is 0 Å². The Bertz CT molecular complexity index is 1960. The molecule has 0 heterocycles. The molecule has 4 rings (SSSR count). The van der Waals surface area contributed by atoms with Crippen molar-refractivity contribution in [3.05, 3.63) is 130 Å². The van der Waals surface area contributed by atoms with Gasteiger partial charge in [0.05, 0.1) is 28.6 Å². The average molecular weight is 749 g/mol. The van der Waals surface area contributed by atoms with E-state index < -0.39 is 70.0 Å². The first-order valence-electron chi connectivity index (χ1n) is 15.8. The third kappa shape index (κ3) is 10.8. The summed E-state index contributed by atoms with van der Waals surface area (Å²) < 4.78 is 99.9. The zero-order valence-electron chi connectivity index (χ0n) is 28.2. The summed E-state index contributed by atoms with van der Waals surface area (Å²) >= 11 is 0. The molecule has 3 atom stereocenters. The fourth-order valence-corrected chi connectivity index (χ4v) is 5.96. The number of carbonyl (C=O) groups is 2.